The molecule has 0 atom stereocenters. The summed E-state index contributed by atoms with van der Waals surface area (Å²) >= 11 is 0. The Kier molecular flexibility index (Phi) is 4.12. The summed E-state index contributed by atoms with van der Waals surface area (Å²) in [6.45, 7) is 0. The van der Waals surface area contributed by atoms with Crippen molar-refractivity contribution in [3.63, 3.8) is 0 Å². The number of hydrogen-bond donors (Lipinski definition) is 4. The zero-order chi connectivity index (χ0) is 14.7. The van der Waals surface area contributed by atoms with E-state index in [-0.39, 0.29) is 29.0 Å². The van der Waals surface area contributed by atoms with E-state index in [1.807, 2.05) is 0 Å². The molecule has 0 spiro atoms. The van der Waals surface area contributed by atoms with E-state index in [4.69, 9.17) is 5.11 Å². The SMILES string of the molecule is O=C(NC1CCC(C(=O)O)CC1)c1cc(O)ccc1O. The van der Waals surface area contributed by atoms with Crippen molar-refractivity contribution in [2.24, 2.45) is 5.92 Å². The highest BCUT2D eigenvalue weighted by Gasteiger charge is 2.27. The van der Waals surface area contributed by atoms with Crippen LogP contribution in [0.5, 0.6) is 11.5 Å². The Bertz CT molecular complexity index is 520. The Balaban J connectivity index is 1.96. The summed E-state index contributed by atoms with van der Waals surface area (Å²) in [5.74, 6) is -1.88. The van der Waals surface area contributed by atoms with Crippen LogP contribution in [0.2, 0.25) is 0 Å². The van der Waals surface area contributed by atoms with Crippen molar-refractivity contribution >= 4 is 11.9 Å². The van der Waals surface area contributed by atoms with E-state index in [1.165, 1.54) is 18.2 Å². The highest BCUT2D eigenvalue weighted by Crippen LogP contribution is 2.26. The number of carboxylic acid groups (broad SMARTS) is 1. The lowest BCUT2D eigenvalue weighted by atomic mass is 9.86. The van der Waals surface area contributed by atoms with Crippen LogP contribution in [0.25, 0.3) is 0 Å². The van der Waals surface area contributed by atoms with E-state index in [0.29, 0.717) is 25.7 Å². The maximum atomic E-state index is 12.0. The van der Waals surface area contributed by atoms with Gasteiger partial charge in [0.15, 0.2) is 0 Å². The molecular weight excluding hydrogens is 262 g/mol. The van der Waals surface area contributed by atoms with Gasteiger partial charge in [-0.25, -0.2) is 0 Å². The van der Waals surface area contributed by atoms with Crippen molar-refractivity contribution in [1.29, 1.82) is 0 Å². The summed E-state index contributed by atoms with van der Waals surface area (Å²) in [4.78, 5) is 22.8. The van der Waals surface area contributed by atoms with Crippen LogP contribution < -0.4 is 5.32 Å². The molecule has 0 aliphatic heterocycles. The maximum absolute atomic E-state index is 12.0. The largest absolute Gasteiger partial charge is 0.508 e. The van der Waals surface area contributed by atoms with Crippen LogP contribution in [0, 0.1) is 5.92 Å². The molecule has 6 nitrogen and oxygen atoms in total. The molecule has 1 amide bonds. The molecule has 1 saturated carbocycles. The van der Waals surface area contributed by atoms with Crippen LogP contribution in [0.15, 0.2) is 18.2 Å². The fourth-order valence-electron chi connectivity index (χ4n) is 2.45. The summed E-state index contributed by atoms with van der Waals surface area (Å²) in [5, 5.41) is 30.6. The maximum Gasteiger partial charge on any atom is 0.306 e. The van der Waals surface area contributed by atoms with Gasteiger partial charge in [0, 0.05) is 6.04 Å². The molecule has 1 aromatic carbocycles. The fraction of sp³-hybridized carbons (Fsp3) is 0.429. The van der Waals surface area contributed by atoms with E-state index in [9.17, 15) is 19.8 Å². The molecule has 1 aliphatic carbocycles. The molecule has 1 aliphatic rings. The van der Waals surface area contributed by atoms with Gasteiger partial charge in [-0.1, -0.05) is 0 Å². The first-order valence-corrected chi connectivity index (χ1v) is 6.53. The minimum absolute atomic E-state index is 0.0189. The quantitative estimate of drug-likeness (QED) is 0.627. The second kappa shape index (κ2) is 5.81. The Hall–Kier alpha value is -2.24. The lowest BCUT2D eigenvalue weighted by Crippen LogP contribution is -2.38. The van der Waals surface area contributed by atoms with Crippen molar-refractivity contribution in [3.05, 3.63) is 23.8 Å². The number of amides is 1. The monoisotopic (exact) mass is 279 g/mol. The molecule has 1 fully saturated rings. The van der Waals surface area contributed by atoms with Gasteiger partial charge in [0.05, 0.1) is 11.5 Å². The number of rotatable bonds is 3. The zero-order valence-electron chi connectivity index (χ0n) is 10.9. The highest BCUT2D eigenvalue weighted by atomic mass is 16.4. The predicted molar refractivity (Wildman–Crippen MR) is 70.6 cm³/mol. The van der Waals surface area contributed by atoms with Gasteiger partial charge < -0.3 is 20.6 Å². The van der Waals surface area contributed by atoms with Gasteiger partial charge in [0.1, 0.15) is 11.5 Å². The topological polar surface area (TPSA) is 107 Å². The van der Waals surface area contributed by atoms with Gasteiger partial charge in [-0.2, -0.15) is 0 Å². The van der Waals surface area contributed by atoms with Gasteiger partial charge in [0.25, 0.3) is 5.91 Å². The number of phenols is 2. The summed E-state index contributed by atoms with van der Waals surface area (Å²) in [6, 6.07) is 3.66. The molecule has 0 aromatic heterocycles. The van der Waals surface area contributed by atoms with E-state index >= 15 is 0 Å². The standard InChI is InChI=1S/C14H17NO5/c16-10-5-6-12(17)11(7-10)13(18)15-9-3-1-8(2-4-9)14(19)20/h5-9,16-17H,1-4H2,(H,15,18)(H,19,20). The summed E-state index contributed by atoms with van der Waals surface area (Å²) < 4.78 is 0. The number of carbonyl (C=O) groups is 2. The third-order valence-corrected chi connectivity index (χ3v) is 3.64. The van der Waals surface area contributed by atoms with Crippen LogP contribution in [-0.2, 0) is 4.79 Å². The molecule has 108 valence electrons. The number of carboxylic acids is 1. The Labute approximate surface area is 116 Å². The highest BCUT2D eigenvalue weighted by molar-refractivity contribution is 5.97. The van der Waals surface area contributed by atoms with Crippen LogP contribution >= 0.6 is 0 Å². The van der Waals surface area contributed by atoms with Crippen LogP contribution in [0.4, 0.5) is 0 Å². The number of nitrogens with one attached hydrogen (secondary N) is 1. The molecule has 2 rings (SSSR count). The van der Waals surface area contributed by atoms with E-state index in [2.05, 4.69) is 5.32 Å². The van der Waals surface area contributed by atoms with Crippen molar-refractivity contribution in [2.45, 2.75) is 31.7 Å². The first-order chi connectivity index (χ1) is 9.47. The van der Waals surface area contributed by atoms with Crippen LogP contribution in [-0.4, -0.2) is 33.2 Å². The summed E-state index contributed by atoms with van der Waals surface area (Å²) in [5.41, 5.74) is 0.0189. The first-order valence-electron chi connectivity index (χ1n) is 6.53. The lowest BCUT2D eigenvalue weighted by molar-refractivity contribution is -0.142. The number of carbonyl (C=O) groups excluding carboxylic acids is 1. The van der Waals surface area contributed by atoms with Gasteiger partial charge in [-0.05, 0) is 43.9 Å². The third-order valence-electron chi connectivity index (χ3n) is 3.64. The Morgan fingerprint density at radius 1 is 1.10 bits per heavy atom. The Morgan fingerprint density at radius 2 is 1.75 bits per heavy atom. The molecule has 0 saturated heterocycles. The molecule has 1 aromatic rings. The van der Waals surface area contributed by atoms with Gasteiger partial charge in [0.2, 0.25) is 0 Å². The van der Waals surface area contributed by atoms with Gasteiger partial charge >= 0.3 is 5.97 Å². The van der Waals surface area contributed by atoms with Crippen molar-refractivity contribution in [2.75, 3.05) is 0 Å². The zero-order valence-corrected chi connectivity index (χ0v) is 10.9. The molecule has 6 heteroatoms. The molecule has 0 radical (unpaired) electrons. The van der Waals surface area contributed by atoms with Crippen molar-refractivity contribution < 1.29 is 24.9 Å². The second-order valence-corrected chi connectivity index (χ2v) is 5.06. The third kappa shape index (κ3) is 3.20. The molecular formula is C14H17NO5. The number of hydrogen-bond acceptors (Lipinski definition) is 4. The number of benzene rings is 1. The lowest BCUT2D eigenvalue weighted by Gasteiger charge is -2.26. The van der Waals surface area contributed by atoms with Crippen molar-refractivity contribution in [1.82, 2.24) is 5.32 Å². The van der Waals surface area contributed by atoms with E-state index in [0.717, 1.165) is 0 Å². The number of aromatic hydroxyl groups is 2. The molecule has 0 heterocycles. The molecule has 4 N–H and O–H groups in total. The fourth-order valence-corrected chi connectivity index (χ4v) is 2.45. The predicted octanol–water partition coefficient (Wildman–Crippen LogP) is 1.47. The number of aliphatic carboxylic acids is 1. The number of phenolic OH excluding ortho intramolecular Hbond substituents is 2. The average Bonchev–Trinajstić information content (AvgIpc) is 2.42. The summed E-state index contributed by atoms with van der Waals surface area (Å²) in [7, 11) is 0. The van der Waals surface area contributed by atoms with Crippen LogP contribution in [0.3, 0.4) is 0 Å². The molecule has 20 heavy (non-hydrogen) atoms. The normalized spacial score (nSPS) is 22.2. The van der Waals surface area contributed by atoms with Gasteiger partial charge in [-0.3, -0.25) is 9.59 Å². The first kappa shape index (κ1) is 14.2. The van der Waals surface area contributed by atoms with Crippen LogP contribution in [0.1, 0.15) is 36.0 Å². The van der Waals surface area contributed by atoms with E-state index < -0.39 is 11.9 Å². The Morgan fingerprint density at radius 3 is 2.35 bits per heavy atom. The summed E-state index contributed by atoms with van der Waals surface area (Å²) in [6.07, 6.45) is 2.27. The van der Waals surface area contributed by atoms with Gasteiger partial charge in [-0.15, -0.1) is 0 Å². The molecule has 0 unspecified atom stereocenters. The minimum Gasteiger partial charge on any atom is -0.508 e. The average molecular weight is 279 g/mol. The minimum atomic E-state index is -0.791. The van der Waals surface area contributed by atoms with E-state index in [1.54, 1.807) is 0 Å². The second-order valence-electron chi connectivity index (χ2n) is 5.06. The molecule has 0 bridgehead atoms. The smallest absolute Gasteiger partial charge is 0.306 e. The van der Waals surface area contributed by atoms with Crippen molar-refractivity contribution in [3.8, 4) is 11.5 Å².